The summed E-state index contributed by atoms with van der Waals surface area (Å²) >= 11 is 12.6. The van der Waals surface area contributed by atoms with Crippen LogP contribution in [0, 0.1) is 3.57 Å². The molecule has 0 heterocycles. The van der Waals surface area contributed by atoms with Crippen molar-refractivity contribution in [2.24, 2.45) is 0 Å². The molecule has 0 bridgehead atoms. The summed E-state index contributed by atoms with van der Waals surface area (Å²) in [5, 5.41) is 43.5. The molecular weight excluding hydrogens is 985 g/mol. The van der Waals surface area contributed by atoms with Crippen molar-refractivity contribution in [2.75, 3.05) is 7.11 Å². The molecule has 0 spiro atoms. The highest BCUT2D eigenvalue weighted by Gasteiger charge is 2.14. The van der Waals surface area contributed by atoms with Gasteiger partial charge in [0.1, 0.15) is 0 Å². The minimum atomic E-state index is -1.52. The molecule has 7 aromatic rings. The maximum absolute atomic E-state index is 9.11. The predicted octanol–water partition coefficient (Wildman–Crippen LogP) is 9.59. The Hall–Kier alpha value is -3.36. The molecule has 11 heteroatoms. The second-order valence-electron chi connectivity index (χ2n) is 11.6. The van der Waals surface area contributed by atoms with Crippen molar-refractivity contribution in [1.29, 1.82) is 0 Å². The first-order valence-corrected chi connectivity index (χ1v) is 20.0. The van der Waals surface area contributed by atoms with Gasteiger partial charge in [0.15, 0.2) is 0 Å². The van der Waals surface area contributed by atoms with Crippen LogP contribution in [0.2, 0.25) is 0 Å². The van der Waals surface area contributed by atoms with Gasteiger partial charge in [0.05, 0.1) is 0 Å². The highest BCUT2D eigenvalue weighted by molar-refractivity contribution is 14.1. The molecule has 7 aromatic carbocycles. The first-order chi connectivity index (χ1) is 26.0. The Balaban J connectivity index is 0.000000200. The zero-order chi connectivity index (χ0) is 39.0. The van der Waals surface area contributed by atoms with E-state index < -0.39 is 14.2 Å². The van der Waals surface area contributed by atoms with Gasteiger partial charge in [-0.1, -0.05) is 157 Å². The number of hydrogen-bond acceptors (Lipinski definition) is 5. The third-order valence-corrected chi connectivity index (χ3v) is 10.2. The third kappa shape index (κ3) is 13.4. The molecule has 0 saturated carbocycles. The Morgan fingerprint density at radius 1 is 0.352 bits per heavy atom. The summed E-state index contributed by atoms with van der Waals surface area (Å²) in [6.07, 6.45) is 0. The first kappa shape index (κ1) is 43.4. The molecule has 0 aliphatic heterocycles. The van der Waals surface area contributed by atoms with E-state index in [2.05, 4.69) is 180 Å². The summed E-state index contributed by atoms with van der Waals surface area (Å²) in [4.78, 5) is 0. The number of hydrogen-bond donors (Lipinski definition) is 5. The molecule has 0 unspecified atom stereocenters. The highest BCUT2D eigenvalue weighted by atomic mass is 127. The van der Waals surface area contributed by atoms with Crippen LogP contribution >= 0.6 is 70.4 Å². The highest BCUT2D eigenvalue weighted by Crippen LogP contribution is 2.30. The Kier molecular flexibility index (Phi) is 17.9. The second-order valence-corrected chi connectivity index (χ2v) is 15.6. The summed E-state index contributed by atoms with van der Waals surface area (Å²) in [5.41, 5.74) is 9.69. The molecule has 0 saturated heterocycles. The van der Waals surface area contributed by atoms with Crippen molar-refractivity contribution in [1.82, 2.24) is 0 Å². The van der Waals surface area contributed by atoms with E-state index in [9.17, 15) is 0 Å². The minimum absolute atomic E-state index is 0.391. The van der Waals surface area contributed by atoms with Gasteiger partial charge in [0, 0.05) is 24.1 Å². The van der Waals surface area contributed by atoms with Gasteiger partial charge >= 0.3 is 14.2 Å². The van der Waals surface area contributed by atoms with E-state index >= 15 is 0 Å². The van der Waals surface area contributed by atoms with Crippen LogP contribution in [0.5, 0.6) is 0 Å². The molecule has 5 N–H and O–H groups in total. The first-order valence-electron chi connectivity index (χ1n) is 16.6. The number of rotatable bonds is 6. The van der Waals surface area contributed by atoms with Crippen molar-refractivity contribution < 1.29 is 25.2 Å². The van der Waals surface area contributed by atoms with Crippen LogP contribution in [0.15, 0.2) is 183 Å². The molecule has 0 atom stereocenters. The van der Waals surface area contributed by atoms with Gasteiger partial charge in [0.2, 0.25) is 0 Å². The predicted molar refractivity (Wildman–Crippen MR) is 245 cm³/mol. The fourth-order valence-electron chi connectivity index (χ4n) is 5.23. The zero-order valence-electron chi connectivity index (χ0n) is 29.1. The van der Waals surface area contributed by atoms with Gasteiger partial charge in [-0.2, -0.15) is 0 Å². The molecule has 54 heavy (non-hydrogen) atoms. The lowest BCUT2D eigenvalue weighted by molar-refractivity contribution is 0.399. The van der Waals surface area contributed by atoms with Crippen LogP contribution < -0.4 is 10.9 Å². The van der Waals surface area contributed by atoms with Gasteiger partial charge in [-0.25, -0.2) is 0 Å². The largest absolute Gasteiger partial charge is 0.488 e. The Labute approximate surface area is 356 Å². The van der Waals surface area contributed by atoms with E-state index in [4.69, 9.17) is 25.2 Å². The van der Waals surface area contributed by atoms with E-state index in [1.54, 1.807) is 36.4 Å². The van der Waals surface area contributed by atoms with Gasteiger partial charge in [-0.15, -0.1) is 0 Å². The molecular formula is C43H36B2Br3IO5. The van der Waals surface area contributed by atoms with E-state index in [1.165, 1.54) is 37.0 Å². The number of benzene rings is 7. The summed E-state index contributed by atoms with van der Waals surface area (Å²) in [5.74, 6) is 0. The number of aliphatic hydroxyl groups is 1. The average molecular weight is 1020 g/mol. The Morgan fingerprint density at radius 2 is 0.611 bits per heavy atom. The smallest absolute Gasteiger partial charge is 0.423 e. The van der Waals surface area contributed by atoms with Crippen LogP contribution in [-0.2, 0) is 0 Å². The lowest BCUT2D eigenvalue weighted by Crippen LogP contribution is -2.30. The third-order valence-electron chi connectivity index (χ3n) is 7.92. The van der Waals surface area contributed by atoms with Crippen molar-refractivity contribution >= 4 is 95.5 Å². The van der Waals surface area contributed by atoms with Crippen LogP contribution in [0.1, 0.15) is 0 Å². The molecule has 0 fully saturated rings. The van der Waals surface area contributed by atoms with Gasteiger partial charge in [0.25, 0.3) is 0 Å². The number of halogens is 4. The quantitative estimate of drug-likeness (QED) is 0.0845. The second kappa shape index (κ2) is 22.3. The molecule has 0 amide bonds. The monoisotopic (exact) mass is 1020 g/mol. The van der Waals surface area contributed by atoms with Crippen LogP contribution in [0.3, 0.4) is 0 Å². The summed E-state index contributed by atoms with van der Waals surface area (Å²) in [6, 6.07) is 56.0. The van der Waals surface area contributed by atoms with Crippen molar-refractivity contribution in [3.63, 3.8) is 0 Å². The fourth-order valence-corrected chi connectivity index (χ4v) is 6.38. The lowest BCUT2D eigenvalue weighted by atomic mass is 9.77. The summed E-state index contributed by atoms with van der Waals surface area (Å²) in [7, 11) is -2.03. The SMILES string of the molecule is Brc1ccc(-c2cccc(-c3cccc(-c4ccc(Br)cc4)c3)c2)cc1.Brc1ccc(I)cc1.CO.OB(O)c1cccc(-c2cccc(B(O)O)c2)c1. The molecule has 0 aliphatic carbocycles. The maximum Gasteiger partial charge on any atom is 0.488 e. The lowest BCUT2D eigenvalue weighted by Gasteiger charge is -2.09. The van der Waals surface area contributed by atoms with Crippen LogP contribution in [0.4, 0.5) is 0 Å². The molecule has 5 nitrogen and oxygen atoms in total. The number of aliphatic hydroxyl groups excluding tert-OH is 1. The average Bonchev–Trinajstić information content (AvgIpc) is 3.21. The maximum atomic E-state index is 9.11. The van der Waals surface area contributed by atoms with E-state index in [0.29, 0.717) is 10.9 Å². The standard InChI is InChI=1S/C24H16Br2.C12H12B2O4.C6H4BrI.CH4O/c25-23-11-7-17(8-12-23)19-3-1-5-21(15-19)22-6-2-4-20(16-22)18-9-13-24(26)14-10-18;15-13(16)11-5-1-3-9(7-11)10-4-2-6-12(8-10)14(17)18;7-5-1-3-6(8)4-2-5;1-2/h1-16H;1-8,15-18H;1-4H;2H,1H3. The fraction of sp³-hybridized carbons (Fsp3) is 0.0233. The molecule has 272 valence electrons. The van der Waals surface area contributed by atoms with Crippen molar-refractivity contribution in [3.8, 4) is 44.5 Å². The Bertz CT molecular complexity index is 2050. The summed E-state index contributed by atoms with van der Waals surface area (Å²) < 4.78 is 4.60. The van der Waals surface area contributed by atoms with Crippen LogP contribution in [-0.4, -0.2) is 46.5 Å². The van der Waals surface area contributed by atoms with E-state index in [1.807, 2.05) is 24.3 Å². The van der Waals surface area contributed by atoms with E-state index in [0.717, 1.165) is 31.7 Å². The molecule has 0 radical (unpaired) electrons. The summed E-state index contributed by atoms with van der Waals surface area (Å²) in [6.45, 7) is 0. The minimum Gasteiger partial charge on any atom is -0.423 e. The van der Waals surface area contributed by atoms with Gasteiger partial charge < -0.3 is 25.2 Å². The molecule has 0 aliphatic rings. The molecule has 7 rings (SSSR count). The molecule has 0 aromatic heterocycles. The van der Waals surface area contributed by atoms with Gasteiger partial charge in [-0.3, -0.25) is 0 Å². The van der Waals surface area contributed by atoms with E-state index in [-0.39, 0.29) is 0 Å². The van der Waals surface area contributed by atoms with Crippen molar-refractivity contribution in [3.05, 3.63) is 187 Å². The zero-order valence-corrected chi connectivity index (χ0v) is 36.0. The Morgan fingerprint density at radius 3 is 0.907 bits per heavy atom. The van der Waals surface area contributed by atoms with Gasteiger partial charge in [-0.05, 0) is 139 Å². The van der Waals surface area contributed by atoms with Crippen LogP contribution in [0.25, 0.3) is 44.5 Å². The van der Waals surface area contributed by atoms with Crippen molar-refractivity contribution in [2.45, 2.75) is 0 Å². The normalized spacial score (nSPS) is 10.0. The topological polar surface area (TPSA) is 101 Å².